The molecule has 0 spiro atoms. The summed E-state index contributed by atoms with van der Waals surface area (Å²) in [6, 6.07) is 17.4. The average molecular weight is 377 g/mol. The Morgan fingerprint density at radius 2 is 1.93 bits per heavy atom. The lowest BCUT2D eigenvalue weighted by atomic mass is 10.2. The fourth-order valence-corrected chi connectivity index (χ4v) is 3.80. The second-order valence-corrected chi connectivity index (χ2v) is 6.99. The third-order valence-electron chi connectivity index (χ3n) is 4.33. The van der Waals surface area contributed by atoms with Crippen molar-refractivity contribution in [3.05, 3.63) is 71.9 Å². The summed E-state index contributed by atoms with van der Waals surface area (Å²) in [5.41, 5.74) is 3.91. The van der Waals surface area contributed by atoms with Gasteiger partial charge in [-0.2, -0.15) is 0 Å². The van der Waals surface area contributed by atoms with Crippen LogP contribution in [0.2, 0.25) is 0 Å². The molecular formula is C21H19N3O2S. The SMILES string of the molecule is COc1ccc(NC(=O)CCc2csc3nc(-c4ccccc4)cn23)cc1. The van der Waals surface area contributed by atoms with Crippen LogP contribution in [0.3, 0.4) is 0 Å². The van der Waals surface area contributed by atoms with Gasteiger partial charge in [0.05, 0.1) is 12.8 Å². The van der Waals surface area contributed by atoms with Crippen molar-refractivity contribution in [3.63, 3.8) is 0 Å². The van der Waals surface area contributed by atoms with Crippen molar-refractivity contribution in [2.75, 3.05) is 12.4 Å². The molecule has 136 valence electrons. The molecule has 5 nitrogen and oxygen atoms in total. The van der Waals surface area contributed by atoms with E-state index in [0.29, 0.717) is 12.8 Å². The number of aryl methyl sites for hydroxylation is 1. The van der Waals surface area contributed by atoms with Crippen LogP contribution < -0.4 is 10.1 Å². The zero-order valence-corrected chi connectivity index (χ0v) is 15.7. The summed E-state index contributed by atoms with van der Waals surface area (Å²) < 4.78 is 7.20. The molecule has 0 radical (unpaired) electrons. The molecule has 0 atom stereocenters. The summed E-state index contributed by atoms with van der Waals surface area (Å²) in [7, 11) is 1.62. The largest absolute Gasteiger partial charge is 0.497 e. The maximum Gasteiger partial charge on any atom is 0.224 e. The number of nitrogens with one attached hydrogen (secondary N) is 1. The van der Waals surface area contributed by atoms with Gasteiger partial charge in [0, 0.05) is 34.9 Å². The van der Waals surface area contributed by atoms with Crippen molar-refractivity contribution in [2.24, 2.45) is 0 Å². The number of fused-ring (bicyclic) bond motifs is 1. The van der Waals surface area contributed by atoms with E-state index >= 15 is 0 Å². The molecule has 4 aromatic rings. The van der Waals surface area contributed by atoms with E-state index in [4.69, 9.17) is 4.74 Å². The first kappa shape index (κ1) is 17.3. The van der Waals surface area contributed by atoms with Crippen molar-refractivity contribution in [1.82, 2.24) is 9.38 Å². The van der Waals surface area contributed by atoms with Gasteiger partial charge in [-0.3, -0.25) is 9.20 Å². The second-order valence-electron chi connectivity index (χ2n) is 6.15. The predicted octanol–water partition coefficient (Wildman–Crippen LogP) is 4.64. The minimum atomic E-state index is -0.0112. The van der Waals surface area contributed by atoms with E-state index in [1.165, 1.54) is 0 Å². The lowest BCUT2D eigenvalue weighted by Gasteiger charge is -2.06. The molecule has 2 aromatic carbocycles. The summed E-state index contributed by atoms with van der Waals surface area (Å²) in [4.78, 5) is 17.9. The number of amides is 1. The van der Waals surface area contributed by atoms with Crippen LogP contribution >= 0.6 is 11.3 Å². The number of hydrogen-bond acceptors (Lipinski definition) is 4. The fourth-order valence-electron chi connectivity index (χ4n) is 2.90. The molecule has 0 saturated heterocycles. The molecular weight excluding hydrogens is 358 g/mol. The first-order valence-corrected chi connectivity index (χ1v) is 9.56. The minimum Gasteiger partial charge on any atom is -0.497 e. The molecule has 1 N–H and O–H groups in total. The topological polar surface area (TPSA) is 55.6 Å². The van der Waals surface area contributed by atoms with Crippen LogP contribution in [0.15, 0.2) is 66.2 Å². The molecule has 2 aromatic heterocycles. The number of ether oxygens (including phenoxy) is 1. The van der Waals surface area contributed by atoms with Gasteiger partial charge in [-0.25, -0.2) is 4.98 Å². The molecule has 27 heavy (non-hydrogen) atoms. The number of methoxy groups -OCH3 is 1. The van der Waals surface area contributed by atoms with E-state index < -0.39 is 0 Å². The third kappa shape index (κ3) is 3.85. The van der Waals surface area contributed by atoms with Crippen LogP contribution in [0.25, 0.3) is 16.2 Å². The van der Waals surface area contributed by atoms with Gasteiger partial charge < -0.3 is 10.1 Å². The molecule has 0 saturated carbocycles. The Labute approximate surface area is 161 Å². The Morgan fingerprint density at radius 1 is 1.15 bits per heavy atom. The molecule has 0 bridgehead atoms. The smallest absolute Gasteiger partial charge is 0.224 e. The molecule has 0 aliphatic rings. The molecule has 0 aliphatic carbocycles. The van der Waals surface area contributed by atoms with Crippen molar-refractivity contribution in [2.45, 2.75) is 12.8 Å². The highest BCUT2D eigenvalue weighted by Gasteiger charge is 2.11. The van der Waals surface area contributed by atoms with Gasteiger partial charge in [-0.05, 0) is 30.7 Å². The third-order valence-corrected chi connectivity index (χ3v) is 5.22. The first-order valence-electron chi connectivity index (χ1n) is 8.68. The standard InChI is InChI=1S/C21H19N3O2S/c1-26-18-10-7-16(8-11-18)22-20(25)12-9-17-14-27-21-23-19(13-24(17)21)15-5-3-2-4-6-15/h2-8,10-11,13-14H,9,12H2,1H3,(H,22,25). The monoisotopic (exact) mass is 377 g/mol. The van der Waals surface area contributed by atoms with Crippen LogP contribution in [-0.4, -0.2) is 22.4 Å². The first-order chi connectivity index (χ1) is 13.2. The Hall–Kier alpha value is -3.12. The van der Waals surface area contributed by atoms with Crippen molar-refractivity contribution in [1.29, 1.82) is 0 Å². The quantitative estimate of drug-likeness (QED) is 0.532. The van der Waals surface area contributed by atoms with Crippen LogP contribution in [0.1, 0.15) is 12.1 Å². The number of carbonyl (C=O) groups excluding carboxylic acids is 1. The molecule has 0 aliphatic heterocycles. The van der Waals surface area contributed by atoms with Crippen LogP contribution in [0.4, 0.5) is 5.69 Å². The lowest BCUT2D eigenvalue weighted by Crippen LogP contribution is -2.12. The van der Waals surface area contributed by atoms with Gasteiger partial charge in [0.15, 0.2) is 4.96 Å². The molecule has 6 heteroatoms. The van der Waals surface area contributed by atoms with E-state index in [0.717, 1.165) is 33.3 Å². The summed E-state index contributed by atoms with van der Waals surface area (Å²) >= 11 is 1.60. The molecule has 1 amide bonds. The Balaban J connectivity index is 1.42. The van der Waals surface area contributed by atoms with E-state index in [1.807, 2.05) is 48.7 Å². The summed E-state index contributed by atoms with van der Waals surface area (Å²) in [6.45, 7) is 0. The Bertz CT molecular complexity index is 1050. The number of hydrogen-bond donors (Lipinski definition) is 1. The van der Waals surface area contributed by atoms with Gasteiger partial charge in [0.2, 0.25) is 5.91 Å². The average Bonchev–Trinajstić information content (AvgIpc) is 3.29. The zero-order valence-electron chi connectivity index (χ0n) is 14.9. The molecule has 2 heterocycles. The van der Waals surface area contributed by atoms with Gasteiger partial charge in [0.25, 0.3) is 0 Å². The summed E-state index contributed by atoms with van der Waals surface area (Å²) in [5, 5.41) is 4.99. The number of thiazole rings is 1. The van der Waals surface area contributed by atoms with Gasteiger partial charge >= 0.3 is 0 Å². The van der Waals surface area contributed by atoms with Gasteiger partial charge in [-0.1, -0.05) is 30.3 Å². The number of nitrogens with zero attached hydrogens (tertiary/aromatic N) is 2. The second kappa shape index (κ2) is 7.63. The maximum atomic E-state index is 12.3. The highest BCUT2D eigenvalue weighted by atomic mass is 32.1. The normalized spacial score (nSPS) is 10.9. The number of carbonyl (C=O) groups is 1. The summed E-state index contributed by atoms with van der Waals surface area (Å²) in [6.07, 6.45) is 3.11. The number of imidazole rings is 1. The van der Waals surface area contributed by atoms with E-state index in [9.17, 15) is 4.79 Å². The van der Waals surface area contributed by atoms with Crippen molar-refractivity contribution >= 4 is 27.9 Å². The lowest BCUT2D eigenvalue weighted by molar-refractivity contribution is -0.116. The number of rotatable bonds is 6. The minimum absolute atomic E-state index is 0.0112. The molecule has 4 rings (SSSR count). The van der Waals surface area contributed by atoms with E-state index in [-0.39, 0.29) is 5.91 Å². The molecule has 0 unspecified atom stereocenters. The molecule has 0 fully saturated rings. The fraction of sp³-hybridized carbons (Fsp3) is 0.143. The van der Waals surface area contributed by atoms with Crippen molar-refractivity contribution in [3.8, 4) is 17.0 Å². The maximum absolute atomic E-state index is 12.3. The Morgan fingerprint density at radius 3 is 2.67 bits per heavy atom. The number of aromatic nitrogens is 2. The number of anilines is 1. The summed E-state index contributed by atoms with van der Waals surface area (Å²) in [5.74, 6) is 0.755. The van der Waals surface area contributed by atoms with Gasteiger partial charge in [0.1, 0.15) is 5.75 Å². The van der Waals surface area contributed by atoms with Crippen LogP contribution in [0.5, 0.6) is 5.75 Å². The highest BCUT2D eigenvalue weighted by Crippen LogP contribution is 2.24. The zero-order chi connectivity index (χ0) is 18.6. The van der Waals surface area contributed by atoms with Gasteiger partial charge in [-0.15, -0.1) is 11.3 Å². The predicted molar refractivity (Wildman–Crippen MR) is 108 cm³/mol. The van der Waals surface area contributed by atoms with E-state index in [1.54, 1.807) is 18.4 Å². The Kier molecular flexibility index (Phi) is 4.89. The van der Waals surface area contributed by atoms with Crippen LogP contribution in [0, 0.1) is 0 Å². The number of benzene rings is 2. The van der Waals surface area contributed by atoms with E-state index in [2.05, 4.69) is 32.2 Å². The highest BCUT2D eigenvalue weighted by molar-refractivity contribution is 7.15. The van der Waals surface area contributed by atoms with Crippen LogP contribution in [-0.2, 0) is 11.2 Å². The van der Waals surface area contributed by atoms with Crippen molar-refractivity contribution < 1.29 is 9.53 Å².